The number of hydrogen-bond donors (Lipinski definition) is 2. The largest absolute Gasteiger partial charge is 0.394 e. The molecule has 0 saturated carbocycles. The van der Waals surface area contributed by atoms with E-state index < -0.39 is 0 Å². The minimum Gasteiger partial charge on any atom is -0.394 e. The first-order valence-electron chi connectivity index (χ1n) is 9.58. The number of benzene rings is 1. The summed E-state index contributed by atoms with van der Waals surface area (Å²) in [6, 6.07) is 9.45. The fraction of sp³-hybridized carbons (Fsp3) is 0.571. The molecule has 25 heavy (non-hydrogen) atoms. The van der Waals surface area contributed by atoms with Gasteiger partial charge in [0.15, 0.2) is 0 Å². The lowest BCUT2D eigenvalue weighted by Crippen LogP contribution is -2.51. The van der Waals surface area contributed by atoms with Gasteiger partial charge in [0.2, 0.25) is 5.91 Å². The summed E-state index contributed by atoms with van der Waals surface area (Å²) >= 11 is 0. The number of fused-ring (bicyclic) bond motifs is 3. The van der Waals surface area contributed by atoms with Crippen LogP contribution in [0.1, 0.15) is 50.2 Å². The van der Waals surface area contributed by atoms with Gasteiger partial charge in [-0.2, -0.15) is 0 Å². The molecule has 3 unspecified atom stereocenters. The van der Waals surface area contributed by atoms with Crippen LogP contribution in [0.15, 0.2) is 30.5 Å². The van der Waals surface area contributed by atoms with Gasteiger partial charge >= 0.3 is 0 Å². The molecular formula is C21H31N3O. The first kappa shape index (κ1) is 18.0. The van der Waals surface area contributed by atoms with Crippen molar-refractivity contribution in [3.63, 3.8) is 0 Å². The molecule has 1 aromatic carbocycles. The second-order valence-electron chi connectivity index (χ2n) is 7.46. The van der Waals surface area contributed by atoms with E-state index in [9.17, 15) is 4.79 Å². The predicted molar refractivity (Wildman–Crippen MR) is 103 cm³/mol. The third-order valence-corrected chi connectivity index (χ3v) is 5.62. The molecule has 2 aliphatic rings. The van der Waals surface area contributed by atoms with Crippen molar-refractivity contribution >= 4 is 11.5 Å². The molecule has 2 N–H and O–H groups in total. The van der Waals surface area contributed by atoms with E-state index in [1.165, 1.54) is 23.1 Å². The van der Waals surface area contributed by atoms with Crippen LogP contribution < -0.4 is 10.6 Å². The number of amides is 1. The number of hydrogen-bond acceptors (Lipinski definition) is 3. The Morgan fingerprint density at radius 1 is 1.36 bits per heavy atom. The Kier molecular flexibility index (Phi) is 5.79. The van der Waals surface area contributed by atoms with Gasteiger partial charge in [0.25, 0.3) is 0 Å². The zero-order valence-corrected chi connectivity index (χ0v) is 15.7. The summed E-state index contributed by atoms with van der Waals surface area (Å²) in [5.74, 6) is 1.16. The average molecular weight is 341 g/mol. The van der Waals surface area contributed by atoms with Crippen molar-refractivity contribution in [1.82, 2.24) is 15.5 Å². The van der Waals surface area contributed by atoms with E-state index in [1.54, 1.807) is 6.92 Å². The molecule has 3 rings (SSSR count). The Bertz CT molecular complexity index is 640. The molecule has 1 amide bonds. The number of likely N-dealkylation sites (tertiary alicyclic amines) is 1. The molecule has 0 bridgehead atoms. The van der Waals surface area contributed by atoms with Crippen LogP contribution in [-0.4, -0.2) is 43.5 Å². The highest BCUT2D eigenvalue weighted by Gasteiger charge is 2.40. The molecule has 1 heterocycles. The quantitative estimate of drug-likeness (QED) is 0.865. The number of nitrogens with zero attached hydrogens (tertiary/aromatic N) is 1. The van der Waals surface area contributed by atoms with Gasteiger partial charge in [0, 0.05) is 45.2 Å². The molecule has 1 saturated heterocycles. The van der Waals surface area contributed by atoms with Crippen LogP contribution in [-0.2, 0) is 4.79 Å². The van der Waals surface area contributed by atoms with Crippen molar-refractivity contribution in [2.75, 3.05) is 26.7 Å². The minimum atomic E-state index is 0.0763. The van der Waals surface area contributed by atoms with Crippen LogP contribution in [0, 0.1) is 5.92 Å². The molecule has 4 nitrogen and oxygen atoms in total. The lowest BCUT2D eigenvalue weighted by atomic mass is 9.70. The first-order chi connectivity index (χ1) is 12.1. The number of carbonyl (C=O) groups excluding carboxylic acids is 1. The Hall–Kier alpha value is -1.81. The normalized spacial score (nSPS) is 27.5. The van der Waals surface area contributed by atoms with Gasteiger partial charge in [-0.15, -0.1) is 0 Å². The Balaban J connectivity index is 1.91. The molecule has 136 valence electrons. The molecule has 1 aliphatic heterocycles. The second kappa shape index (κ2) is 8.05. The number of nitrogens with one attached hydrogen (secondary N) is 2. The first-order valence-corrected chi connectivity index (χ1v) is 9.58. The van der Waals surface area contributed by atoms with Crippen molar-refractivity contribution in [1.29, 1.82) is 0 Å². The van der Waals surface area contributed by atoms with Gasteiger partial charge in [0.05, 0.1) is 0 Å². The van der Waals surface area contributed by atoms with Gasteiger partial charge in [-0.05, 0) is 48.4 Å². The summed E-state index contributed by atoms with van der Waals surface area (Å²) in [4.78, 5) is 14.0. The number of carbonyl (C=O) groups is 1. The number of piperidine rings is 1. The summed E-state index contributed by atoms with van der Waals surface area (Å²) in [7, 11) is 1.98. The maximum absolute atomic E-state index is 11.4. The fourth-order valence-corrected chi connectivity index (χ4v) is 4.66. The molecular weight excluding hydrogens is 310 g/mol. The van der Waals surface area contributed by atoms with Crippen LogP contribution in [0.5, 0.6) is 0 Å². The van der Waals surface area contributed by atoms with Gasteiger partial charge in [-0.25, -0.2) is 0 Å². The van der Waals surface area contributed by atoms with Crippen molar-refractivity contribution in [3.8, 4) is 0 Å². The van der Waals surface area contributed by atoms with E-state index in [0.717, 1.165) is 32.5 Å². The molecule has 0 spiro atoms. The summed E-state index contributed by atoms with van der Waals surface area (Å²) < 4.78 is 0. The van der Waals surface area contributed by atoms with Crippen LogP contribution in [0.4, 0.5) is 0 Å². The van der Waals surface area contributed by atoms with Crippen molar-refractivity contribution in [3.05, 3.63) is 41.6 Å². The summed E-state index contributed by atoms with van der Waals surface area (Å²) in [5.41, 5.74) is 4.30. The molecule has 3 atom stereocenters. The highest BCUT2D eigenvalue weighted by molar-refractivity contribution is 5.73. The van der Waals surface area contributed by atoms with Gasteiger partial charge < -0.3 is 10.6 Å². The lowest BCUT2D eigenvalue weighted by molar-refractivity contribution is -0.119. The van der Waals surface area contributed by atoms with E-state index in [4.69, 9.17) is 0 Å². The second-order valence-corrected chi connectivity index (χ2v) is 7.46. The van der Waals surface area contributed by atoms with E-state index in [-0.39, 0.29) is 5.91 Å². The van der Waals surface area contributed by atoms with Gasteiger partial charge in [0.1, 0.15) is 0 Å². The molecule has 0 radical (unpaired) electrons. The van der Waals surface area contributed by atoms with Crippen LogP contribution >= 0.6 is 0 Å². The molecule has 0 aromatic heterocycles. The van der Waals surface area contributed by atoms with Crippen LogP contribution in [0.25, 0.3) is 5.57 Å². The third-order valence-electron chi connectivity index (χ3n) is 5.62. The monoisotopic (exact) mass is 341 g/mol. The highest BCUT2D eigenvalue weighted by Crippen LogP contribution is 2.46. The molecule has 1 fully saturated rings. The molecule has 1 aromatic rings. The summed E-state index contributed by atoms with van der Waals surface area (Å²) in [6.45, 7) is 6.88. The predicted octanol–water partition coefficient (Wildman–Crippen LogP) is 2.97. The Morgan fingerprint density at radius 3 is 2.88 bits per heavy atom. The SMILES string of the molecule is CCCN1CC(CNC(C)=O)CC2c3ccccc3/C(=C\NC)CC21. The van der Waals surface area contributed by atoms with E-state index in [0.29, 0.717) is 17.9 Å². The van der Waals surface area contributed by atoms with E-state index in [1.807, 2.05) is 7.05 Å². The van der Waals surface area contributed by atoms with E-state index >= 15 is 0 Å². The number of rotatable bonds is 5. The Morgan fingerprint density at radius 2 is 2.16 bits per heavy atom. The average Bonchev–Trinajstić information content (AvgIpc) is 2.61. The topological polar surface area (TPSA) is 44.4 Å². The van der Waals surface area contributed by atoms with Crippen molar-refractivity contribution in [2.45, 2.75) is 45.1 Å². The molecule has 1 aliphatic carbocycles. The standard InChI is InChI=1S/C21H31N3O/c1-4-9-24-14-16(12-23-15(2)25)10-20-19-8-6-5-7-18(19)17(13-22-3)11-21(20)24/h5-8,13,16,20-22H,4,9-12,14H2,1-3H3,(H,23,25)/b17-13-. The molecule has 4 heteroatoms. The van der Waals surface area contributed by atoms with E-state index in [2.05, 4.69) is 52.9 Å². The van der Waals surface area contributed by atoms with Gasteiger partial charge in [-0.3, -0.25) is 9.69 Å². The summed E-state index contributed by atoms with van der Waals surface area (Å²) in [6.07, 6.45) is 5.61. The van der Waals surface area contributed by atoms with Gasteiger partial charge in [-0.1, -0.05) is 31.2 Å². The fourth-order valence-electron chi connectivity index (χ4n) is 4.66. The van der Waals surface area contributed by atoms with Crippen LogP contribution in [0.2, 0.25) is 0 Å². The Labute approximate surface area is 151 Å². The highest BCUT2D eigenvalue weighted by atomic mass is 16.1. The third kappa shape index (κ3) is 3.90. The lowest BCUT2D eigenvalue weighted by Gasteiger charge is -2.48. The maximum Gasteiger partial charge on any atom is 0.216 e. The zero-order chi connectivity index (χ0) is 17.8. The smallest absolute Gasteiger partial charge is 0.216 e. The minimum absolute atomic E-state index is 0.0763. The summed E-state index contributed by atoms with van der Waals surface area (Å²) in [5, 5.41) is 6.27. The van der Waals surface area contributed by atoms with Crippen molar-refractivity contribution < 1.29 is 4.79 Å². The van der Waals surface area contributed by atoms with Crippen molar-refractivity contribution in [2.24, 2.45) is 5.92 Å². The maximum atomic E-state index is 11.4. The zero-order valence-electron chi connectivity index (χ0n) is 15.7. The van der Waals surface area contributed by atoms with Crippen LogP contribution in [0.3, 0.4) is 0 Å².